The van der Waals surface area contributed by atoms with Crippen molar-refractivity contribution < 1.29 is 49.5 Å². The largest absolute Gasteiger partial charge is 0.469 e. The van der Waals surface area contributed by atoms with Crippen LogP contribution in [0.15, 0.2) is 60.7 Å². The average Bonchev–Trinajstić information content (AvgIpc) is 2.65. The highest BCUT2D eigenvalue weighted by Crippen LogP contribution is 2.23. The number of alkyl halides is 3. The summed E-state index contributed by atoms with van der Waals surface area (Å²) in [7, 11) is -5.54. The Balaban J connectivity index is 2.37. The van der Waals surface area contributed by atoms with Gasteiger partial charge in [0.25, 0.3) is 0 Å². The topological polar surface area (TPSA) is 69.7 Å². The Bertz CT molecular complexity index is 795. The van der Waals surface area contributed by atoms with Gasteiger partial charge < -0.3 is 4.74 Å². The molecule has 0 fully saturated rings. The first-order valence-corrected chi connectivity index (χ1v) is 12.7. The first kappa shape index (κ1) is 21.2. The van der Waals surface area contributed by atoms with Crippen LogP contribution in [0.3, 0.4) is 0 Å². The smallest absolute Gasteiger partial charge is 0.459 e. The molecule has 5 nitrogen and oxygen atoms in total. The van der Waals surface area contributed by atoms with Crippen LogP contribution in [0.1, 0.15) is 0 Å². The number of benzene rings is 2. The molecule has 26 heavy (non-hydrogen) atoms. The van der Waals surface area contributed by atoms with E-state index in [4.69, 9.17) is 2.51 Å². The summed E-state index contributed by atoms with van der Waals surface area (Å²) in [6.45, 7) is -0.385. The number of hydrogen-bond acceptors (Lipinski definition) is 5. The van der Waals surface area contributed by atoms with Crippen molar-refractivity contribution in [3.8, 4) is 0 Å². The van der Waals surface area contributed by atoms with Gasteiger partial charge in [-0.05, 0) is 26.8 Å². The van der Waals surface area contributed by atoms with Gasteiger partial charge in [0.05, 0.1) is 0 Å². The fourth-order valence-corrected chi connectivity index (χ4v) is 8.71. The molecule has 141 valence electrons. The SMILES string of the molecule is O=C(OCCBr)C(F)(F)S(=O)(=O)O[I+](c1ccccc1)c1ccccc1. The minimum Gasteiger partial charge on any atom is -0.459 e. The van der Waals surface area contributed by atoms with Crippen LogP contribution in [0.4, 0.5) is 8.78 Å². The van der Waals surface area contributed by atoms with Crippen LogP contribution in [0.2, 0.25) is 0 Å². The maximum absolute atomic E-state index is 14.1. The fraction of sp³-hybridized carbons (Fsp3) is 0.188. The lowest BCUT2D eigenvalue weighted by atomic mass is 10.4. The molecule has 0 bridgehead atoms. The molecule has 0 saturated carbocycles. The zero-order chi connectivity index (χ0) is 19.2. The Morgan fingerprint density at radius 1 is 1.00 bits per heavy atom. The summed E-state index contributed by atoms with van der Waals surface area (Å²) < 4.78 is 62.8. The second-order valence-electron chi connectivity index (χ2n) is 4.70. The van der Waals surface area contributed by atoms with Crippen LogP contribution in [-0.4, -0.2) is 31.6 Å². The van der Waals surface area contributed by atoms with Gasteiger partial charge in [-0.3, -0.25) is 0 Å². The maximum atomic E-state index is 14.1. The highest BCUT2D eigenvalue weighted by molar-refractivity contribution is 9.09. The predicted molar refractivity (Wildman–Crippen MR) is 90.0 cm³/mol. The van der Waals surface area contributed by atoms with E-state index in [2.05, 4.69) is 20.7 Å². The first-order chi connectivity index (χ1) is 12.3. The monoisotopic (exact) mass is 562 g/mol. The molecule has 0 saturated heterocycles. The Morgan fingerprint density at radius 2 is 1.46 bits per heavy atom. The van der Waals surface area contributed by atoms with Gasteiger partial charge in [0.1, 0.15) is 6.61 Å². The molecular formula is C16H14BrF2IO5S+. The van der Waals surface area contributed by atoms with Gasteiger partial charge in [0.2, 0.25) is 0 Å². The van der Waals surface area contributed by atoms with Crippen molar-refractivity contribution in [3.05, 3.63) is 67.8 Å². The molecule has 2 aromatic carbocycles. The summed E-state index contributed by atoms with van der Waals surface area (Å²) >= 11 is -0.344. The van der Waals surface area contributed by atoms with E-state index in [1.54, 1.807) is 60.7 Å². The van der Waals surface area contributed by atoms with Crippen LogP contribution in [0.5, 0.6) is 0 Å². The van der Waals surface area contributed by atoms with Crippen molar-refractivity contribution in [3.63, 3.8) is 0 Å². The second kappa shape index (κ2) is 9.20. The summed E-state index contributed by atoms with van der Waals surface area (Å²) in [6, 6.07) is 16.5. The number of carbonyl (C=O) groups is 1. The normalized spacial score (nSPS) is 12.2. The lowest BCUT2D eigenvalue weighted by Gasteiger charge is -2.14. The van der Waals surface area contributed by atoms with E-state index in [0.717, 1.165) is 0 Å². The summed E-state index contributed by atoms with van der Waals surface area (Å²) in [6.07, 6.45) is 0. The van der Waals surface area contributed by atoms with Gasteiger partial charge in [-0.15, -0.1) is 0 Å². The molecule has 0 amide bonds. The van der Waals surface area contributed by atoms with Crippen LogP contribution in [-0.2, 0) is 22.2 Å². The van der Waals surface area contributed by atoms with Crippen molar-refractivity contribution >= 4 is 32.0 Å². The number of hydrogen-bond donors (Lipinski definition) is 0. The highest BCUT2D eigenvalue weighted by atomic mass is 127. The minimum absolute atomic E-state index is 0.0995. The molecule has 2 aromatic rings. The van der Waals surface area contributed by atoms with E-state index in [1.807, 2.05) is 0 Å². The van der Waals surface area contributed by atoms with Crippen LogP contribution in [0.25, 0.3) is 0 Å². The molecular weight excluding hydrogens is 549 g/mol. The number of rotatable bonds is 8. The number of ether oxygens (including phenoxy) is 1. The molecule has 0 unspecified atom stereocenters. The third-order valence-corrected chi connectivity index (χ3v) is 10.5. The van der Waals surface area contributed by atoms with Gasteiger partial charge in [-0.25, -0.2) is 4.79 Å². The number of esters is 1. The highest BCUT2D eigenvalue weighted by Gasteiger charge is 2.60. The van der Waals surface area contributed by atoms with Crippen molar-refractivity contribution in [2.24, 2.45) is 0 Å². The first-order valence-electron chi connectivity index (χ1n) is 7.15. The van der Waals surface area contributed by atoms with Crippen molar-refractivity contribution in [1.29, 1.82) is 0 Å². The molecule has 0 aliphatic heterocycles. The Kier molecular flexibility index (Phi) is 7.50. The number of halogens is 4. The van der Waals surface area contributed by atoms with Gasteiger partial charge >= 0.3 is 41.6 Å². The third kappa shape index (κ3) is 4.99. The summed E-state index contributed by atoms with van der Waals surface area (Å²) in [5.41, 5.74) is 0. The van der Waals surface area contributed by atoms with Crippen LogP contribution >= 0.6 is 15.9 Å². The van der Waals surface area contributed by atoms with Crippen molar-refractivity contribution in [2.45, 2.75) is 5.25 Å². The molecule has 0 N–H and O–H groups in total. The molecule has 0 aromatic heterocycles. The van der Waals surface area contributed by atoms with Crippen LogP contribution in [0, 0.1) is 7.14 Å². The maximum Gasteiger partial charge on any atom is 0.469 e. The van der Waals surface area contributed by atoms with Crippen LogP contribution < -0.4 is 20.2 Å². The van der Waals surface area contributed by atoms with E-state index in [9.17, 15) is 22.0 Å². The molecule has 0 aliphatic rings. The third-order valence-electron chi connectivity index (χ3n) is 2.87. The predicted octanol–water partition coefficient (Wildman–Crippen LogP) is 0.143. The second-order valence-corrected chi connectivity index (χ2v) is 12.0. The minimum atomic E-state index is -5.54. The van der Waals surface area contributed by atoms with Gasteiger partial charge in [0, 0.05) is 5.33 Å². The van der Waals surface area contributed by atoms with E-state index in [1.165, 1.54) is 0 Å². The van der Waals surface area contributed by atoms with E-state index in [-0.39, 0.29) is 11.9 Å². The fourth-order valence-electron chi connectivity index (χ4n) is 1.70. The van der Waals surface area contributed by atoms with E-state index < -0.39 is 41.6 Å². The molecule has 10 heteroatoms. The van der Waals surface area contributed by atoms with E-state index in [0.29, 0.717) is 7.14 Å². The molecule has 0 atom stereocenters. The Hall–Kier alpha value is -1.11. The Labute approximate surface area is 165 Å². The lowest BCUT2D eigenvalue weighted by Crippen LogP contribution is -3.85. The van der Waals surface area contributed by atoms with Gasteiger partial charge in [-0.1, -0.05) is 52.3 Å². The van der Waals surface area contributed by atoms with Gasteiger partial charge in [-0.2, -0.15) is 17.2 Å². The molecule has 1 radical (unpaired) electrons. The molecule has 0 spiro atoms. The molecule has 2 rings (SSSR count). The lowest BCUT2D eigenvalue weighted by molar-refractivity contribution is -1.03. The summed E-state index contributed by atoms with van der Waals surface area (Å²) in [5, 5.41) is -4.70. The zero-order valence-corrected chi connectivity index (χ0v) is 17.7. The average molecular weight is 563 g/mol. The summed E-state index contributed by atoms with van der Waals surface area (Å²) in [4.78, 5) is 11.5. The zero-order valence-electron chi connectivity index (χ0n) is 13.1. The quantitative estimate of drug-likeness (QED) is 0.260. The van der Waals surface area contributed by atoms with E-state index >= 15 is 0 Å². The van der Waals surface area contributed by atoms with Gasteiger partial charge in [0.15, 0.2) is 7.14 Å². The standard InChI is InChI=1S/C16H14BrF2IO5S/c17-11-12-24-15(21)16(18,19)26(22,23)25-20(13-7-3-1-4-8-13)14-9-5-2-6-10-14/h1-10H,11-12H2/q+1. The molecule has 0 heterocycles. The van der Waals surface area contributed by atoms with Crippen molar-refractivity contribution in [1.82, 2.24) is 0 Å². The Morgan fingerprint density at radius 3 is 1.88 bits per heavy atom. The number of carbonyl (C=O) groups excluding carboxylic acids is 1. The van der Waals surface area contributed by atoms with Crippen molar-refractivity contribution in [2.75, 3.05) is 11.9 Å². The molecule has 0 aliphatic carbocycles. The summed E-state index contributed by atoms with van der Waals surface area (Å²) in [5.74, 6) is -2.16.